The van der Waals surface area contributed by atoms with Gasteiger partial charge in [-0.25, -0.2) is 4.79 Å². The predicted molar refractivity (Wildman–Crippen MR) is 34.3 cm³/mol. The zero-order valence-corrected chi connectivity index (χ0v) is 6.08. The zero-order chi connectivity index (χ0) is 9.49. The van der Waals surface area contributed by atoms with Crippen LogP contribution in [0.1, 0.15) is 0 Å². The fourth-order valence-electron chi connectivity index (χ4n) is 0. The number of carbonyl (C=O) groups is 1. The molecule has 0 saturated heterocycles. The molecule has 0 aliphatic rings. The van der Waals surface area contributed by atoms with E-state index in [4.69, 9.17) is 14.9 Å². The molecule has 8 heteroatoms. The van der Waals surface area contributed by atoms with Crippen molar-refractivity contribution < 1.29 is 28.1 Å². The van der Waals surface area contributed by atoms with E-state index in [0.29, 0.717) is 4.89 Å². The van der Waals surface area contributed by atoms with Crippen molar-refractivity contribution in [1.82, 2.24) is 4.89 Å². The highest BCUT2D eigenvalue weighted by molar-refractivity contribution is 7.83. The van der Waals surface area contributed by atoms with Crippen LogP contribution >= 0.6 is 0 Å². The highest BCUT2D eigenvalue weighted by Crippen LogP contribution is 1.61. The number of carboxylic acid groups (broad SMARTS) is 1. The Morgan fingerprint density at radius 1 is 1.55 bits per heavy atom. The summed E-state index contributed by atoms with van der Waals surface area (Å²) >= 11 is 0. The third-order valence-corrected chi connectivity index (χ3v) is 0.521. The molecule has 11 heavy (non-hydrogen) atoms. The average molecular weight is 185 g/mol. The fraction of sp³-hybridized carbons (Fsp3) is 0. The smallest absolute Gasteiger partial charge is 0.355 e. The van der Waals surface area contributed by atoms with Crippen molar-refractivity contribution in [2.24, 2.45) is 0 Å². The molecule has 0 fully saturated rings. The van der Waals surface area contributed by atoms with Gasteiger partial charge in [0.1, 0.15) is 0 Å². The van der Waals surface area contributed by atoms with Gasteiger partial charge in [0.05, 0.1) is 0 Å². The summed E-state index contributed by atoms with van der Waals surface area (Å²) in [5.41, 5.74) is 0. The van der Waals surface area contributed by atoms with Crippen molar-refractivity contribution in [3.05, 3.63) is 12.7 Å². The Balaban J connectivity index is 0. The maximum atomic E-state index is 9.25. The van der Waals surface area contributed by atoms with Gasteiger partial charge < -0.3 is 10.3 Å². The third-order valence-electron chi connectivity index (χ3n) is 0.290. The monoisotopic (exact) mass is 185 g/mol. The molecule has 66 valence electrons. The van der Waals surface area contributed by atoms with E-state index < -0.39 is 16.3 Å². The third kappa shape index (κ3) is 27.5. The molecule has 0 unspecified atom stereocenters. The zero-order valence-electron chi connectivity index (χ0n) is 5.26. The molecule has 0 bridgehead atoms. The largest absolute Gasteiger partial charge is 0.478 e. The number of hydrogen-bond donors (Lipinski definition) is 4. The molecule has 0 aromatic heterocycles. The molecule has 0 atom stereocenters. The highest BCUT2D eigenvalue weighted by Gasteiger charge is 1.93. The Morgan fingerprint density at radius 2 is 1.73 bits per heavy atom. The lowest BCUT2D eigenvalue weighted by Gasteiger charge is -1.82. The van der Waals surface area contributed by atoms with Crippen molar-refractivity contribution in [3.8, 4) is 0 Å². The first-order valence-corrected chi connectivity index (χ1v) is 3.51. The van der Waals surface area contributed by atoms with E-state index in [9.17, 15) is 13.2 Å². The number of carboxylic acids is 1. The molecule has 0 aromatic rings. The van der Waals surface area contributed by atoms with Gasteiger partial charge in [0.15, 0.2) is 0 Å². The Hall–Kier alpha value is -0.960. The summed E-state index contributed by atoms with van der Waals surface area (Å²) in [7, 11) is -4.36. The van der Waals surface area contributed by atoms with E-state index in [0.717, 1.165) is 6.08 Å². The minimum Gasteiger partial charge on any atom is -0.478 e. The van der Waals surface area contributed by atoms with Gasteiger partial charge in [-0.15, -0.1) is 0 Å². The second kappa shape index (κ2) is 5.80. The first-order chi connectivity index (χ1) is 4.83. The summed E-state index contributed by atoms with van der Waals surface area (Å²) in [6, 6.07) is 0. The van der Waals surface area contributed by atoms with Gasteiger partial charge >= 0.3 is 16.3 Å². The van der Waals surface area contributed by atoms with E-state index in [2.05, 4.69) is 6.58 Å². The predicted octanol–water partition coefficient (Wildman–Crippen LogP) is -0.975. The summed E-state index contributed by atoms with van der Waals surface area (Å²) in [4.78, 5) is 9.88. The number of aliphatic carboxylic acids is 1. The standard InChI is InChI=1S/C3H4O2.H3NO4S/c1-2-3(4)5;2-1-6(3,4)5/h2H,1H2,(H,4,5);1-2H,(H,3,4,5). The molecule has 0 radical (unpaired) electrons. The molecule has 0 heterocycles. The van der Waals surface area contributed by atoms with E-state index in [-0.39, 0.29) is 0 Å². The van der Waals surface area contributed by atoms with Crippen molar-refractivity contribution in [3.63, 3.8) is 0 Å². The van der Waals surface area contributed by atoms with Crippen LogP contribution in [0.15, 0.2) is 12.7 Å². The van der Waals surface area contributed by atoms with Crippen molar-refractivity contribution in [2.75, 3.05) is 0 Å². The number of hydrogen-bond acceptors (Lipinski definition) is 4. The topological polar surface area (TPSA) is 124 Å². The lowest BCUT2D eigenvalue weighted by atomic mass is 10.7. The van der Waals surface area contributed by atoms with Gasteiger partial charge in [-0.05, 0) is 0 Å². The molecule has 0 aliphatic heterocycles. The molecule has 4 N–H and O–H groups in total. The molecule has 0 rings (SSSR count). The van der Waals surface area contributed by atoms with Gasteiger partial charge in [-0.2, -0.15) is 8.42 Å². The van der Waals surface area contributed by atoms with Crippen molar-refractivity contribution >= 4 is 16.3 Å². The van der Waals surface area contributed by atoms with Gasteiger partial charge in [0, 0.05) is 6.08 Å². The molecule has 0 amide bonds. The Kier molecular flexibility index (Phi) is 6.69. The van der Waals surface area contributed by atoms with E-state index in [1.165, 1.54) is 0 Å². The fourth-order valence-corrected chi connectivity index (χ4v) is 0. The van der Waals surface area contributed by atoms with Crippen LogP contribution in [0.4, 0.5) is 0 Å². The minimum absolute atomic E-state index is 0.632. The van der Waals surface area contributed by atoms with Crippen LogP contribution in [-0.4, -0.2) is 29.3 Å². The van der Waals surface area contributed by atoms with Crippen molar-refractivity contribution in [2.45, 2.75) is 0 Å². The first-order valence-electron chi connectivity index (χ1n) is 2.07. The summed E-state index contributed by atoms with van der Waals surface area (Å²) < 4.78 is 25.8. The van der Waals surface area contributed by atoms with Crippen molar-refractivity contribution in [1.29, 1.82) is 0 Å². The van der Waals surface area contributed by atoms with E-state index in [1.54, 1.807) is 0 Å². The summed E-state index contributed by atoms with van der Waals surface area (Å²) in [5.74, 6) is -0.981. The van der Waals surface area contributed by atoms with Gasteiger partial charge in [-0.3, -0.25) is 4.55 Å². The van der Waals surface area contributed by atoms with Gasteiger partial charge in [-0.1, -0.05) is 11.5 Å². The Bertz CT molecular complexity index is 218. The average Bonchev–Trinajstić information content (AvgIpc) is 1.88. The second-order valence-electron chi connectivity index (χ2n) is 1.11. The maximum Gasteiger partial charge on any atom is 0.355 e. The molecular weight excluding hydrogens is 178 g/mol. The molecule has 0 saturated carbocycles. The van der Waals surface area contributed by atoms with Crippen LogP contribution in [0.2, 0.25) is 0 Å². The lowest BCUT2D eigenvalue weighted by molar-refractivity contribution is -0.131. The summed E-state index contributed by atoms with van der Waals surface area (Å²) in [6.07, 6.45) is 0.833. The molecule has 7 nitrogen and oxygen atoms in total. The second-order valence-corrected chi connectivity index (χ2v) is 2.24. The molecule has 0 aromatic carbocycles. The molecule has 0 spiro atoms. The van der Waals surface area contributed by atoms with Gasteiger partial charge in [0.25, 0.3) is 0 Å². The minimum atomic E-state index is -4.36. The molecular formula is C3H7NO6S. The maximum absolute atomic E-state index is 9.25. The van der Waals surface area contributed by atoms with Crippen LogP contribution in [0.5, 0.6) is 0 Å². The van der Waals surface area contributed by atoms with Crippen LogP contribution < -0.4 is 4.89 Å². The first kappa shape index (κ1) is 12.7. The number of rotatable bonds is 2. The quantitative estimate of drug-likeness (QED) is 0.249. The van der Waals surface area contributed by atoms with Crippen LogP contribution in [-0.2, 0) is 15.1 Å². The van der Waals surface area contributed by atoms with E-state index in [1.807, 2.05) is 0 Å². The lowest BCUT2D eigenvalue weighted by Crippen LogP contribution is -2.16. The van der Waals surface area contributed by atoms with Crippen LogP contribution in [0, 0.1) is 0 Å². The van der Waals surface area contributed by atoms with Crippen LogP contribution in [0.25, 0.3) is 0 Å². The normalized spacial score (nSPS) is 9.27. The van der Waals surface area contributed by atoms with Crippen LogP contribution in [0.3, 0.4) is 0 Å². The Labute approximate surface area is 62.8 Å². The van der Waals surface area contributed by atoms with Gasteiger partial charge in [0.2, 0.25) is 0 Å². The Morgan fingerprint density at radius 3 is 1.73 bits per heavy atom. The number of nitrogens with one attached hydrogen (secondary N) is 1. The van der Waals surface area contributed by atoms with E-state index >= 15 is 0 Å². The summed E-state index contributed by atoms with van der Waals surface area (Å²) in [5, 5.41) is 14.9. The summed E-state index contributed by atoms with van der Waals surface area (Å²) in [6.45, 7) is 2.96. The molecule has 0 aliphatic carbocycles. The highest BCUT2D eigenvalue weighted by atomic mass is 32.2. The SMILES string of the molecule is C=CC(=O)O.O=S(=O)(O)NO.